The van der Waals surface area contributed by atoms with Crippen LogP contribution in [0.25, 0.3) is 0 Å². The van der Waals surface area contributed by atoms with Crippen LogP contribution >= 0.6 is 0 Å². The number of benzene rings is 2. The van der Waals surface area contributed by atoms with Crippen LogP contribution in [0.3, 0.4) is 0 Å². The number of anilines is 1. The van der Waals surface area contributed by atoms with E-state index in [4.69, 9.17) is 18.9 Å². The minimum Gasteiger partial charge on any atom is -0.497 e. The normalized spacial score (nSPS) is 13.5. The second kappa shape index (κ2) is 9.02. The Kier molecular flexibility index (Phi) is 6.25. The molecule has 27 heavy (non-hydrogen) atoms. The first-order valence-electron chi connectivity index (χ1n) is 8.81. The summed E-state index contributed by atoms with van der Waals surface area (Å²) in [6.45, 7) is 1.88. The highest BCUT2D eigenvalue weighted by atomic mass is 16.5. The summed E-state index contributed by atoms with van der Waals surface area (Å²) < 4.78 is 22.1. The van der Waals surface area contributed by atoms with Crippen molar-refractivity contribution >= 4 is 11.6 Å². The number of nitrogens with zero attached hydrogens (tertiary/aromatic N) is 1. The van der Waals surface area contributed by atoms with Crippen molar-refractivity contribution in [1.82, 2.24) is 5.32 Å². The molecule has 1 heterocycles. The summed E-state index contributed by atoms with van der Waals surface area (Å²) in [5.41, 5.74) is 1.87. The van der Waals surface area contributed by atoms with E-state index in [1.165, 1.54) is 0 Å². The topological polar surface area (TPSA) is 73.3 Å². The Bertz CT molecular complexity index is 808. The molecule has 2 aromatic rings. The monoisotopic (exact) mass is 371 g/mol. The Morgan fingerprint density at radius 1 is 1.04 bits per heavy atom. The van der Waals surface area contributed by atoms with Gasteiger partial charge in [0.1, 0.15) is 11.5 Å². The number of aliphatic imine (C=N–C) groups is 1. The largest absolute Gasteiger partial charge is 0.497 e. The van der Waals surface area contributed by atoms with Gasteiger partial charge in [0.2, 0.25) is 0 Å². The van der Waals surface area contributed by atoms with E-state index in [2.05, 4.69) is 15.6 Å². The molecule has 3 rings (SSSR count). The first-order valence-corrected chi connectivity index (χ1v) is 8.81. The number of rotatable bonds is 5. The third kappa shape index (κ3) is 4.75. The molecule has 0 aliphatic carbocycles. The van der Waals surface area contributed by atoms with Crippen molar-refractivity contribution in [3.05, 3.63) is 42.0 Å². The maximum absolute atomic E-state index is 5.73. The van der Waals surface area contributed by atoms with E-state index >= 15 is 0 Å². The zero-order valence-electron chi connectivity index (χ0n) is 15.9. The van der Waals surface area contributed by atoms with Gasteiger partial charge in [-0.15, -0.1) is 0 Å². The van der Waals surface area contributed by atoms with Gasteiger partial charge in [0, 0.05) is 43.4 Å². The van der Waals surface area contributed by atoms with Gasteiger partial charge < -0.3 is 29.6 Å². The molecule has 2 aromatic carbocycles. The quantitative estimate of drug-likeness (QED) is 0.622. The number of guanidine groups is 1. The fraction of sp³-hybridized carbons (Fsp3) is 0.350. The van der Waals surface area contributed by atoms with Crippen molar-refractivity contribution in [2.45, 2.75) is 13.0 Å². The summed E-state index contributed by atoms with van der Waals surface area (Å²) in [7, 11) is 5.00. The summed E-state index contributed by atoms with van der Waals surface area (Å²) in [6, 6.07) is 11.5. The molecule has 0 bridgehead atoms. The molecule has 0 spiro atoms. The van der Waals surface area contributed by atoms with Crippen molar-refractivity contribution in [3.63, 3.8) is 0 Å². The van der Waals surface area contributed by atoms with Gasteiger partial charge in [0.05, 0.1) is 27.4 Å². The maximum Gasteiger partial charge on any atom is 0.195 e. The molecule has 0 atom stereocenters. The lowest BCUT2D eigenvalue weighted by Gasteiger charge is -2.15. The second-order valence-electron chi connectivity index (χ2n) is 5.94. The molecule has 1 aliphatic rings. The van der Waals surface area contributed by atoms with E-state index in [1.807, 2.05) is 36.4 Å². The molecule has 2 N–H and O–H groups in total. The highest BCUT2D eigenvalue weighted by molar-refractivity contribution is 5.93. The van der Waals surface area contributed by atoms with Crippen molar-refractivity contribution in [2.75, 3.05) is 39.8 Å². The maximum atomic E-state index is 5.73. The standard InChI is InChI=1S/C20H25N3O4/c1-21-20(22-13-14-5-7-16(24-2)12-18(14)25-3)23-15-6-8-17-19(11-15)27-10-4-9-26-17/h5-8,11-12H,4,9-10,13H2,1-3H3,(H2,21,22,23). The first kappa shape index (κ1) is 18.7. The molecule has 0 unspecified atom stereocenters. The van der Waals surface area contributed by atoms with E-state index < -0.39 is 0 Å². The number of hydrogen-bond donors (Lipinski definition) is 2. The van der Waals surface area contributed by atoms with E-state index in [0.29, 0.717) is 25.7 Å². The lowest BCUT2D eigenvalue weighted by atomic mass is 10.2. The lowest BCUT2D eigenvalue weighted by Crippen LogP contribution is -2.30. The first-order chi connectivity index (χ1) is 13.2. The zero-order chi connectivity index (χ0) is 19.1. The van der Waals surface area contributed by atoms with Crippen LogP contribution in [0, 0.1) is 0 Å². The fourth-order valence-corrected chi connectivity index (χ4v) is 2.73. The smallest absolute Gasteiger partial charge is 0.195 e. The minimum absolute atomic E-state index is 0.553. The van der Waals surface area contributed by atoms with Crippen LogP contribution in [-0.4, -0.2) is 40.4 Å². The fourth-order valence-electron chi connectivity index (χ4n) is 2.73. The molecule has 0 fully saturated rings. The Hall–Kier alpha value is -3.09. The Morgan fingerprint density at radius 2 is 1.85 bits per heavy atom. The Morgan fingerprint density at radius 3 is 2.59 bits per heavy atom. The van der Waals surface area contributed by atoms with Crippen LogP contribution in [0.1, 0.15) is 12.0 Å². The van der Waals surface area contributed by atoms with E-state index in [1.54, 1.807) is 21.3 Å². The molecule has 7 heteroatoms. The zero-order valence-corrected chi connectivity index (χ0v) is 15.9. The number of ether oxygens (including phenoxy) is 4. The van der Waals surface area contributed by atoms with Crippen LogP contribution in [0.15, 0.2) is 41.4 Å². The highest BCUT2D eigenvalue weighted by Crippen LogP contribution is 2.32. The summed E-state index contributed by atoms with van der Waals surface area (Å²) >= 11 is 0. The van der Waals surface area contributed by atoms with E-state index in [9.17, 15) is 0 Å². The molecule has 144 valence electrons. The third-order valence-corrected chi connectivity index (χ3v) is 4.17. The van der Waals surface area contributed by atoms with Crippen molar-refractivity contribution in [1.29, 1.82) is 0 Å². The molecule has 7 nitrogen and oxygen atoms in total. The Balaban J connectivity index is 1.66. The van der Waals surface area contributed by atoms with Gasteiger partial charge in [-0.25, -0.2) is 0 Å². The predicted octanol–water partition coefficient (Wildman–Crippen LogP) is 3.05. The predicted molar refractivity (Wildman–Crippen MR) is 105 cm³/mol. The summed E-state index contributed by atoms with van der Waals surface area (Å²) in [5, 5.41) is 6.55. The molecule has 0 radical (unpaired) electrons. The van der Waals surface area contributed by atoms with Crippen molar-refractivity contribution in [2.24, 2.45) is 4.99 Å². The van der Waals surface area contributed by atoms with Gasteiger partial charge >= 0.3 is 0 Å². The molecule has 1 aliphatic heterocycles. The van der Waals surface area contributed by atoms with Crippen LogP contribution in [-0.2, 0) is 6.54 Å². The molecule has 0 saturated heterocycles. The van der Waals surface area contributed by atoms with Crippen molar-refractivity contribution in [3.8, 4) is 23.0 Å². The number of nitrogens with one attached hydrogen (secondary N) is 2. The van der Waals surface area contributed by atoms with Crippen LogP contribution < -0.4 is 29.6 Å². The van der Waals surface area contributed by atoms with Crippen LogP contribution in [0.5, 0.6) is 23.0 Å². The molecule has 0 saturated carbocycles. The van der Waals surface area contributed by atoms with Gasteiger partial charge in [0.15, 0.2) is 17.5 Å². The van der Waals surface area contributed by atoms with E-state index in [0.717, 1.165) is 40.7 Å². The molecular weight excluding hydrogens is 346 g/mol. The van der Waals surface area contributed by atoms with Gasteiger partial charge in [0.25, 0.3) is 0 Å². The van der Waals surface area contributed by atoms with Gasteiger partial charge in [-0.05, 0) is 24.3 Å². The molecule has 0 amide bonds. The van der Waals surface area contributed by atoms with Gasteiger partial charge in [-0.3, -0.25) is 4.99 Å². The van der Waals surface area contributed by atoms with Gasteiger partial charge in [-0.2, -0.15) is 0 Å². The summed E-state index contributed by atoms with van der Waals surface area (Å²) in [5.74, 6) is 3.66. The van der Waals surface area contributed by atoms with E-state index in [-0.39, 0.29) is 0 Å². The highest BCUT2D eigenvalue weighted by Gasteiger charge is 2.12. The average molecular weight is 371 g/mol. The SMILES string of the molecule is CN=C(NCc1ccc(OC)cc1OC)Nc1ccc2c(c1)OCCCO2. The lowest BCUT2D eigenvalue weighted by molar-refractivity contribution is 0.297. The minimum atomic E-state index is 0.553. The summed E-state index contributed by atoms with van der Waals surface area (Å²) in [6.07, 6.45) is 0.879. The average Bonchev–Trinajstić information content (AvgIpc) is 2.95. The second-order valence-corrected chi connectivity index (χ2v) is 5.94. The number of hydrogen-bond acceptors (Lipinski definition) is 5. The van der Waals surface area contributed by atoms with Crippen LogP contribution in [0.2, 0.25) is 0 Å². The third-order valence-electron chi connectivity index (χ3n) is 4.17. The number of methoxy groups -OCH3 is 2. The molecular formula is C20H25N3O4. The summed E-state index contributed by atoms with van der Waals surface area (Å²) in [4.78, 5) is 4.28. The van der Waals surface area contributed by atoms with Crippen molar-refractivity contribution < 1.29 is 18.9 Å². The van der Waals surface area contributed by atoms with Crippen LogP contribution in [0.4, 0.5) is 5.69 Å². The molecule has 0 aromatic heterocycles. The Labute approximate surface area is 159 Å². The van der Waals surface area contributed by atoms with Gasteiger partial charge in [-0.1, -0.05) is 0 Å². The number of fused-ring (bicyclic) bond motifs is 1.